The fraction of sp³-hybridized carbons (Fsp3) is 0.562. The fourth-order valence-electron chi connectivity index (χ4n) is 5.23. The molecule has 42 heavy (non-hydrogen) atoms. The van der Waals surface area contributed by atoms with Gasteiger partial charge in [-0.15, -0.1) is 0 Å². The normalized spacial score (nSPS) is 17.9. The van der Waals surface area contributed by atoms with Crippen LogP contribution in [0.25, 0.3) is 0 Å². The van der Waals surface area contributed by atoms with Gasteiger partial charge in [0.15, 0.2) is 17.2 Å². The quantitative estimate of drug-likeness (QED) is 0.315. The molecule has 10 heteroatoms. The first kappa shape index (κ1) is 31.3. The molecular weight excluding hydrogens is 538 g/mol. The number of ether oxygens (including phenoxy) is 5. The first-order valence-electron chi connectivity index (χ1n) is 14.6. The second-order valence-electron chi connectivity index (χ2n) is 11.0. The monoisotopic (exact) mass is 581 g/mol. The number of nitrogens with one attached hydrogen (secondary N) is 1. The summed E-state index contributed by atoms with van der Waals surface area (Å²) in [5.74, 6) is 2.04. The van der Waals surface area contributed by atoms with Crippen molar-refractivity contribution in [2.24, 2.45) is 11.8 Å². The Hall–Kier alpha value is -3.68. The van der Waals surface area contributed by atoms with Gasteiger partial charge in [-0.3, -0.25) is 4.79 Å². The van der Waals surface area contributed by atoms with E-state index in [1.54, 1.807) is 44.6 Å². The summed E-state index contributed by atoms with van der Waals surface area (Å²) in [6.45, 7) is 7.73. The van der Waals surface area contributed by atoms with Crippen molar-refractivity contribution in [3.05, 3.63) is 48.0 Å². The molecule has 0 spiro atoms. The van der Waals surface area contributed by atoms with Crippen molar-refractivity contribution in [3.8, 4) is 23.0 Å². The number of rotatable bonds is 15. The zero-order chi connectivity index (χ0) is 30.1. The third kappa shape index (κ3) is 7.99. The van der Waals surface area contributed by atoms with E-state index < -0.39 is 6.09 Å². The highest BCUT2D eigenvalue weighted by atomic mass is 16.6. The molecule has 2 fully saturated rings. The van der Waals surface area contributed by atoms with Gasteiger partial charge >= 0.3 is 6.09 Å². The van der Waals surface area contributed by atoms with Crippen molar-refractivity contribution >= 4 is 12.0 Å². The maximum Gasteiger partial charge on any atom is 0.416 e. The van der Waals surface area contributed by atoms with Gasteiger partial charge in [-0.2, -0.15) is 0 Å². The lowest BCUT2D eigenvalue weighted by Crippen LogP contribution is -2.45. The second kappa shape index (κ2) is 15.0. The molecule has 1 N–H and O–H groups in total. The predicted octanol–water partition coefficient (Wildman–Crippen LogP) is 4.07. The van der Waals surface area contributed by atoms with Crippen LogP contribution in [0.2, 0.25) is 0 Å². The van der Waals surface area contributed by atoms with Crippen LogP contribution in [-0.4, -0.2) is 94.6 Å². The predicted molar refractivity (Wildman–Crippen MR) is 157 cm³/mol. The zero-order valence-corrected chi connectivity index (χ0v) is 25.3. The molecule has 2 amide bonds. The Balaban J connectivity index is 1.44. The van der Waals surface area contributed by atoms with Crippen molar-refractivity contribution in [2.45, 2.75) is 45.2 Å². The summed E-state index contributed by atoms with van der Waals surface area (Å²) in [6.07, 6.45) is 2.22. The van der Waals surface area contributed by atoms with Crippen LogP contribution in [0.4, 0.5) is 4.79 Å². The Morgan fingerprint density at radius 3 is 2.38 bits per heavy atom. The Labute approximate surface area is 249 Å². The molecule has 1 saturated heterocycles. The summed E-state index contributed by atoms with van der Waals surface area (Å²) in [5, 5.41) is 3.48. The third-order valence-corrected chi connectivity index (χ3v) is 7.75. The van der Waals surface area contributed by atoms with Crippen LogP contribution in [0.3, 0.4) is 0 Å². The molecule has 2 atom stereocenters. The second-order valence-corrected chi connectivity index (χ2v) is 11.0. The number of nitrogens with zero attached hydrogens (tertiary/aromatic N) is 2. The van der Waals surface area contributed by atoms with Gasteiger partial charge in [0.05, 0.1) is 20.8 Å². The molecule has 2 aromatic rings. The standard InChI is InChI=1S/C32H43N3O7/c1-22(2)34(31(36)23-11-14-28(40-5)30(17-23)41-16-8-15-38-3)20-24-18-33-19-25(24)21-35(26-12-13-26)32(37)42-29-10-7-6-9-27(29)39-4/h6,9,11,14,17,22,24-26,33H,8,12-13,15-16,18-21H2,1-5H3/t24-,25-/m0/s1. The molecule has 228 valence electrons. The lowest BCUT2D eigenvalue weighted by molar-refractivity contribution is 0.0648. The van der Waals surface area contributed by atoms with Crippen molar-refractivity contribution in [1.29, 1.82) is 0 Å². The lowest BCUT2D eigenvalue weighted by atomic mass is 9.94. The molecule has 2 aliphatic rings. The number of hydrogen-bond donors (Lipinski definition) is 1. The van der Waals surface area contributed by atoms with Crippen LogP contribution in [0, 0.1) is 24.0 Å². The summed E-state index contributed by atoms with van der Waals surface area (Å²) in [5.41, 5.74) is 0.543. The van der Waals surface area contributed by atoms with Gasteiger partial charge in [0.2, 0.25) is 5.75 Å². The SMILES string of the molecule is COCCCOc1cc(C(=O)N(C[C@@H]2CNC[C@H]2CN(C(=O)Oc2c#cccc2OC)C2CC2)C(C)C)ccc1OC. The molecule has 1 aliphatic carbocycles. The van der Waals surface area contributed by atoms with E-state index in [9.17, 15) is 9.59 Å². The molecule has 1 saturated carbocycles. The summed E-state index contributed by atoms with van der Waals surface area (Å²) in [4.78, 5) is 30.8. The highest BCUT2D eigenvalue weighted by Gasteiger charge is 2.39. The van der Waals surface area contributed by atoms with Crippen LogP contribution in [0.5, 0.6) is 23.0 Å². The van der Waals surface area contributed by atoms with Gasteiger partial charge in [-0.05, 0) is 74.9 Å². The van der Waals surface area contributed by atoms with E-state index in [0.717, 1.165) is 32.4 Å². The summed E-state index contributed by atoms with van der Waals surface area (Å²) in [6, 6.07) is 14.4. The van der Waals surface area contributed by atoms with Gasteiger partial charge in [0.1, 0.15) is 0 Å². The van der Waals surface area contributed by atoms with Crippen LogP contribution >= 0.6 is 0 Å². The first-order chi connectivity index (χ1) is 20.4. The molecule has 1 heterocycles. The molecule has 2 aromatic carbocycles. The number of amides is 2. The highest BCUT2D eigenvalue weighted by Crippen LogP contribution is 2.33. The zero-order valence-electron chi connectivity index (χ0n) is 25.3. The van der Waals surface area contributed by atoms with Crippen LogP contribution in [0.15, 0.2) is 30.3 Å². The van der Waals surface area contributed by atoms with Gasteiger partial charge < -0.3 is 38.8 Å². The van der Waals surface area contributed by atoms with Gasteiger partial charge in [-0.1, -0.05) is 6.07 Å². The average molecular weight is 582 g/mol. The van der Waals surface area contributed by atoms with Crippen LogP contribution in [-0.2, 0) is 4.74 Å². The molecule has 4 rings (SSSR count). The Morgan fingerprint density at radius 1 is 0.976 bits per heavy atom. The number of methoxy groups -OCH3 is 3. The summed E-state index contributed by atoms with van der Waals surface area (Å²) in [7, 11) is 4.76. The molecule has 0 unspecified atom stereocenters. The van der Waals surface area contributed by atoms with E-state index in [1.165, 1.54) is 7.11 Å². The van der Waals surface area contributed by atoms with Gasteiger partial charge in [0, 0.05) is 64.0 Å². The van der Waals surface area contributed by atoms with Crippen LogP contribution in [0.1, 0.15) is 43.5 Å². The summed E-state index contributed by atoms with van der Waals surface area (Å²) >= 11 is 0. The molecule has 0 radical (unpaired) electrons. The molecule has 1 aliphatic heterocycles. The molecule has 10 nitrogen and oxygen atoms in total. The smallest absolute Gasteiger partial charge is 0.416 e. The minimum Gasteiger partial charge on any atom is -0.493 e. The molecule has 0 aromatic heterocycles. The van der Waals surface area contributed by atoms with E-state index in [2.05, 4.69) is 17.4 Å². The Bertz CT molecular complexity index is 1190. The Morgan fingerprint density at radius 2 is 1.71 bits per heavy atom. The van der Waals surface area contributed by atoms with Crippen molar-refractivity contribution in [2.75, 3.05) is 60.7 Å². The largest absolute Gasteiger partial charge is 0.493 e. The van der Waals surface area contributed by atoms with Crippen molar-refractivity contribution < 1.29 is 33.3 Å². The van der Waals surface area contributed by atoms with E-state index >= 15 is 0 Å². The first-order valence-corrected chi connectivity index (χ1v) is 14.6. The van der Waals surface area contributed by atoms with Crippen LogP contribution < -0.4 is 24.3 Å². The fourth-order valence-corrected chi connectivity index (χ4v) is 5.23. The van der Waals surface area contributed by atoms with E-state index in [-0.39, 0.29) is 35.6 Å². The Kier molecular flexibility index (Phi) is 11.2. The number of carbonyl (C=O) groups excluding carboxylic acids is 2. The van der Waals surface area contributed by atoms with Crippen molar-refractivity contribution in [1.82, 2.24) is 15.1 Å². The maximum atomic E-state index is 13.8. The number of carbonyl (C=O) groups is 2. The van der Waals surface area contributed by atoms with E-state index in [0.29, 0.717) is 49.1 Å². The highest BCUT2D eigenvalue weighted by molar-refractivity contribution is 5.95. The topological polar surface area (TPSA) is 98.8 Å². The van der Waals surface area contributed by atoms with Gasteiger partial charge in [-0.25, -0.2) is 4.79 Å². The minimum atomic E-state index is -0.412. The van der Waals surface area contributed by atoms with E-state index in [4.69, 9.17) is 23.7 Å². The molecular formula is C32H43N3O7. The molecule has 0 bridgehead atoms. The average Bonchev–Trinajstić information content (AvgIpc) is 3.74. The van der Waals surface area contributed by atoms with E-state index in [1.807, 2.05) is 23.6 Å². The number of benzene rings is 1. The number of hydrogen-bond acceptors (Lipinski definition) is 8. The lowest BCUT2D eigenvalue weighted by Gasteiger charge is -2.33. The van der Waals surface area contributed by atoms with Crippen molar-refractivity contribution in [3.63, 3.8) is 0 Å². The maximum absolute atomic E-state index is 13.8. The minimum absolute atomic E-state index is 0.0197. The third-order valence-electron chi connectivity index (χ3n) is 7.75. The summed E-state index contributed by atoms with van der Waals surface area (Å²) < 4.78 is 27.5. The van der Waals surface area contributed by atoms with Gasteiger partial charge in [0.25, 0.3) is 5.91 Å².